The fourth-order valence-corrected chi connectivity index (χ4v) is 0. The second kappa shape index (κ2) is 28.8. The van der Waals surface area contributed by atoms with E-state index in [9.17, 15) is 0 Å². The molecule has 0 radical (unpaired) electrons. The molecule has 4 N–H and O–H groups in total. The first-order chi connectivity index (χ1) is 0. The maximum Gasteiger partial charge on any atom is 0 e. The topological polar surface area (TPSA) is 63.0 Å². The summed E-state index contributed by atoms with van der Waals surface area (Å²) < 4.78 is 0. The van der Waals surface area contributed by atoms with Gasteiger partial charge in [-0.25, -0.2) is 0 Å². The number of rotatable bonds is 0. The van der Waals surface area contributed by atoms with E-state index in [-0.39, 0.29) is 51.8 Å². The molecule has 0 aliphatic heterocycles. The smallest absolute Gasteiger partial charge is 0 e. The first-order valence-corrected chi connectivity index (χ1v) is 0. The minimum atomic E-state index is 0. The van der Waals surface area contributed by atoms with Gasteiger partial charge in [0.1, 0.15) is 0 Å². The molecule has 0 fully saturated rings. The summed E-state index contributed by atoms with van der Waals surface area (Å²) in [7, 11) is 0. The molecule has 0 aromatic carbocycles. The first-order valence-electron chi connectivity index (χ1n) is 0. The summed E-state index contributed by atoms with van der Waals surface area (Å²) >= 11 is 0. The van der Waals surface area contributed by atoms with Gasteiger partial charge in [-0.05, 0) is 0 Å². The van der Waals surface area contributed by atoms with E-state index in [1.807, 2.05) is 0 Å². The van der Waals surface area contributed by atoms with Gasteiger partial charge in [0.15, 0.2) is 0 Å². The van der Waals surface area contributed by atoms with Crippen molar-refractivity contribution >= 4 is 0 Å². The van der Waals surface area contributed by atoms with Gasteiger partial charge in [0.05, 0.1) is 0 Å². The van der Waals surface area contributed by atoms with Crippen LogP contribution in [0.2, 0.25) is 0 Å². The van der Waals surface area contributed by atoms with Gasteiger partial charge in [0, 0.05) is 40.8 Å². The van der Waals surface area contributed by atoms with Crippen molar-refractivity contribution in [2.24, 2.45) is 0 Å². The van der Waals surface area contributed by atoms with Gasteiger partial charge in [-0.15, -0.1) is 0 Å². The van der Waals surface area contributed by atoms with Crippen molar-refractivity contribution in [3.63, 3.8) is 0 Å². The Kier molecular flexibility index (Phi) is 440. The van der Waals surface area contributed by atoms with Crippen molar-refractivity contribution in [2.45, 2.75) is 0 Å². The SMILES string of the molecule is O.O.[Pd].[Pd]. The summed E-state index contributed by atoms with van der Waals surface area (Å²) in [5.41, 5.74) is 0. The van der Waals surface area contributed by atoms with E-state index in [1.54, 1.807) is 0 Å². The Bertz CT molecular complexity index is 4.00. The minimum Gasteiger partial charge on any atom is -0.412 e. The third kappa shape index (κ3) is 10.6. The summed E-state index contributed by atoms with van der Waals surface area (Å²) in [5.74, 6) is 0. The largest absolute Gasteiger partial charge is 0.412 e. The summed E-state index contributed by atoms with van der Waals surface area (Å²) in [4.78, 5) is 0. The summed E-state index contributed by atoms with van der Waals surface area (Å²) in [6, 6.07) is 0. The Morgan fingerprint density at radius 1 is 0.500 bits per heavy atom. The van der Waals surface area contributed by atoms with Gasteiger partial charge in [0.25, 0.3) is 0 Å². The Labute approximate surface area is 51.9 Å². The number of hydrogen-bond acceptors (Lipinski definition) is 0. The Hall–Kier alpha value is 1.24. The van der Waals surface area contributed by atoms with Crippen molar-refractivity contribution in [1.82, 2.24) is 0 Å². The predicted octanol–water partition coefficient (Wildman–Crippen LogP) is -1.65. The molecule has 0 amide bonds. The Morgan fingerprint density at radius 3 is 0.500 bits per heavy atom. The molecule has 4 heteroatoms. The predicted molar refractivity (Wildman–Crippen MR) is 7.23 cm³/mol. The Balaban J connectivity index is 0. The molecule has 0 atom stereocenters. The van der Waals surface area contributed by atoms with Crippen molar-refractivity contribution in [3.05, 3.63) is 0 Å². The van der Waals surface area contributed by atoms with Crippen LogP contribution < -0.4 is 0 Å². The standard InChI is InChI=1S/2H2O.2Pd/h2*1H2;;. The van der Waals surface area contributed by atoms with Crippen LogP contribution >= 0.6 is 0 Å². The van der Waals surface area contributed by atoms with E-state index in [0.717, 1.165) is 0 Å². The van der Waals surface area contributed by atoms with E-state index in [1.165, 1.54) is 0 Å². The fourth-order valence-electron chi connectivity index (χ4n) is 0. The second-order valence-corrected chi connectivity index (χ2v) is 0. The van der Waals surface area contributed by atoms with Gasteiger partial charge in [0.2, 0.25) is 0 Å². The molecular weight excluding hydrogens is 245 g/mol. The van der Waals surface area contributed by atoms with Crippen LogP contribution in [0.1, 0.15) is 0 Å². The summed E-state index contributed by atoms with van der Waals surface area (Å²) in [6.07, 6.45) is 0. The van der Waals surface area contributed by atoms with Gasteiger partial charge in [-0.2, -0.15) is 0 Å². The quantitative estimate of drug-likeness (QED) is 0.461. The average Bonchev–Trinajstić information content (AvgIpc) is 0. The third-order valence-corrected chi connectivity index (χ3v) is 0. The molecule has 36 valence electrons. The molecule has 0 aliphatic carbocycles. The molecule has 0 saturated heterocycles. The fraction of sp³-hybridized carbons (Fsp3) is 0. The molecule has 0 unspecified atom stereocenters. The molecule has 0 spiro atoms. The van der Waals surface area contributed by atoms with Crippen LogP contribution in [0.3, 0.4) is 0 Å². The van der Waals surface area contributed by atoms with Gasteiger partial charge in [-0.1, -0.05) is 0 Å². The molecule has 4 heavy (non-hydrogen) atoms. The van der Waals surface area contributed by atoms with Crippen molar-refractivity contribution in [2.75, 3.05) is 0 Å². The first kappa shape index (κ1) is 61.0. The summed E-state index contributed by atoms with van der Waals surface area (Å²) in [5, 5.41) is 0. The zero-order valence-corrected chi connectivity index (χ0v) is 4.74. The normalized spacial score (nSPS) is 0. The molecule has 0 rings (SSSR count). The molecule has 0 heterocycles. The van der Waals surface area contributed by atoms with E-state index < -0.39 is 0 Å². The van der Waals surface area contributed by atoms with Crippen LogP contribution in [0.15, 0.2) is 0 Å². The van der Waals surface area contributed by atoms with Gasteiger partial charge >= 0.3 is 0 Å². The van der Waals surface area contributed by atoms with Gasteiger partial charge < -0.3 is 11.0 Å². The van der Waals surface area contributed by atoms with Crippen LogP contribution in [0, 0.1) is 0 Å². The molecule has 0 bridgehead atoms. The molecule has 0 saturated carbocycles. The average molecular weight is 249 g/mol. The minimum absolute atomic E-state index is 0. The van der Waals surface area contributed by atoms with E-state index in [4.69, 9.17) is 0 Å². The zero-order valence-electron chi connectivity index (χ0n) is 1.63. The van der Waals surface area contributed by atoms with Crippen LogP contribution in [-0.2, 0) is 40.8 Å². The monoisotopic (exact) mass is 248 g/mol. The van der Waals surface area contributed by atoms with E-state index in [2.05, 4.69) is 0 Å². The van der Waals surface area contributed by atoms with Crippen LogP contribution in [0.25, 0.3) is 0 Å². The second-order valence-electron chi connectivity index (χ2n) is 0. The molecule has 0 aromatic rings. The van der Waals surface area contributed by atoms with Gasteiger partial charge in [-0.3, -0.25) is 0 Å². The molecule has 0 aliphatic rings. The maximum absolute atomic E-state index is 0. The molecular formula is H4O2Pd2. The Morgan fingerprint density at radius 2 is 0.500 bits per heavy atom. The van der Waals surface area contributed by atoms with Crippen molar-refractivity contribution in [1.29, 1.82) is 0 Å². The van der Waals surface area contributed by atoms with Crippen LogP contribution in [0.4, 0.5) is 0 Å². The van der Waals surface area contributed by atoms with Crippen LogP contribution in [-0.4, -0.2) is 11.0 Å². The van der Waals surface area contributed by atoms with Crippen LogP contribution in [0.5, 0.6) is 0 Å². The van der Waals surface area contributed by atoms with Crippen molar-refractivity contribution < 1.29 is 51.8 Å². The van der Waals surface area contributed by atoms with Crippen molar-refractivity contribution in [3.8, 4) is 0 Å². The molecule has 2 nitrogen and oxygen atoms in total. The van der Waals surface area contributed by atoms with E-state index >= 15 is 0 Å². The third-order valence-electron chi connectivity index (χ3n) is 0. The zero-order chi connectivity index (χ0) is 0. The molecule has 0 aromatic heterocycles. The maximum atomic E-state index is 0. The summed E-state index contributed by atoms with van der Waals surface area (Å²) in [6.45, 7) is 0. The number of hydrogen-bond donors (Lipinski definition) is 0. The van der Waals surface area contributed by atoms with E-state index in [0.29, 0.717) is 0 Å².